The first kappa shape index (κ1) is 14.8. The molecule has 0 bridgehead atoms. The molecule has 1 aromatic carbocycles. The predicted molar refractivity (Wildman–Crippen MR) is 82.9 cm³/mol. The molecule has 1 aromatic rings. The van der Waals surface area contributed by atoms with Crippen molar-refractivity contribution in [3.63, 3.8) is 0 Å². The van der Waals surface area contributed by atoms with Crippen LogP contribution < -0.4 is 11.1 Å². The van der Waals surface area contributed by atoms with Gasteiger partial charge in [0.05, 0.1) is 4.92 Å². The average molecular weight is 304 g/mol. The average Bonchev–Trinajstić information content (AvgIpc) is 3.30. The number of nitro groups is 1. The van der Waals surface area contributed by atoms with E-state index in [0.717, 1.165) is 25.7 Å². The first-order valence-electron chi connectivity index (χ1n) is 7.64. The lowest BCUT2D eigenvalue weighted by molar-refractivity contribution is -0.384. The van der Waals surface area contributed by atoms with Crippen molar-refractivity contribution >= 4 is 17.3 Å². The van der Waals surface area contributed by atoms with Gasteiger partial charge in [-0.1, -0.05) is 0 Å². The maximum Gasteiger partial charge on any atom is 0.293 e. The van der Waals surface area contributed by atoms with E-state index in [1.165, 1.54) is 6.07 Å². The number of carbonyl (C=O) groups excluding carboxylic acids is 1. The lowest BCUT2D eigenvalue weighted by atomic mass is 10.0. The molecule has 7 nitrogen and oxygen atoms in total. The Kier molecular flexibility index (Phi) is 3.98. The molecule has 1 atom stereocenters. The maximum absolute atomic E-state index is 12.5. The molecule has 3 rings (SSSR count). The summed E-state index contributed by atoms with van der Waals surface area (Å²) in [6.07, 6.45) is 3.84. The Morgan fingerprint density at radius 3 is 2.77 bits per heavy atom. The Labute approximate surface area is 128 Å². The second kappa shape index (κ2) is 5.92. The third kappa shape index (κ3) is 3.19. The molecule has 2 fully saturated rings. The van der Waals surface area contributed by atoms with Gasteiger partial charge in [0.15, 0.2) is 0 Å². The molecule has 1 saturated carbocycles. The van der Waals surface area contributed by atoms with Crippen LogP contribution in [0.1, 0.15) is 36.0 Å². The minimum Gasteiger partial charge on any atom is -0.377 e. The number of carbonyl (C=O) groups is 1. The third-order valence-corrected chi connectivity index (χ3v) is 4.12. The van der Waals surface area contributed by atoms with Crippen molar-refractivity contribution in [2.45, 2.75) is 37.8 Å². The van der Waals surface area contributed by atoms with Crippen LogP contribution in [0.25, 0.3) is 0 Å². The number of nitrogens with two attached hydrogens (primary N) is 1. The lowest BCUT2D eigenvalue weighted by Crippen LogP contribution is -2.45. The van der Waals surface area contributed by atoms with Gasteiger partial charge in [0.25, 0.3) is 11.6 Å². The number of nitrogens with zero attached hydrogens (tertiary/aromatic N) is 2. The van der Waals surface area contributed by atoms with Crippen LogP contribution in [-0.4, -0.2) is 40.9 Å². The van der Waals surface area contributed by atoms with Gasteiger partial charge in [-0.05, 0) is 37.8 Å². The normalized spacial score (nSPS) is 21.5. The van der Waals surface area contributed by atoms with Crippen molar-refractivity contribution in [3.8, 4) is 0 Å². The van der Waals surface area contributed by atoms with Crippen LogP contribution >= 0.6 is 0 Å². The van der Waals surface area contributed by atoms with Crippen LogP contribution in [0.4, 0.5) is 11.4 Å². The fourth-order valence-corrected chi connectivity index (χ4v) is 2.76. The van der Waals surface area contributed by atoms with E-state index in [0.29, 0.717) is 30.4 Å². The minimum absolute atomic E-state index is 0.0107. The summed E-state index contributed by atoms with van der Waals surface area (Å²) in [5, 5.41) is 14.4. The monoisotopic (exact) mass is 304 g/mol. The number of amides is 1. The summed E-state index contributed by atoms with van der Waals surface area (Å²) in [4.78, 5) is 25.0. The lowest BCUT2D eigenvalue weighted by Gasteiger charge is -2.30. The zero-order chi connectivity index (χ0) is 15.7. The van der Waals surface area contributed by atoms with E-state index < -0.39 is 4.92 Å². The van der Waals surface area contributed by atoms with Gasteiger partial charge >= 0.3 is 0 Å². The van der Waals surface area contributed by atoms with Crippen LogP contribution in [0.3, 0.4) is 0 Å². The van der Waals surface area contributed by atoms with Gasteiger partial charge in [0.2, 0.25) is 0 Å². The fraction of sp³-hybridized carbons (Fsp3) is 0.533. The number of piperidine rings is 1. The Morgan fingerprint density at radius 2 is 2.14 bits per heavy atom. The number of nitro benzene ring substituents is 1. The van der Waals surface area contributed by atoms with Crippen LogP contribution in [0.2, 0.25) is 0 Å². The Morgan fingerprint density at radius 1 is 1.36 bits per heavy atom. The highest BCUT2D eigenvalue weighted by molar-refractivity contribution is 5.95. The van der Waals surface area contributed by atoms with Gasteiger partial charge in [-0.15, -0.1) is 0 Å². The Hall–Kier alpha value is -2.15. The molecule has 1 aliphatic carbocycles. The van der Waals surface area contributed by atoms with Gasteiger partial charge in [0, 0.05) is 36.8 Å². The van der Waals surface area contributed by atoms with E-state index >= 15 is 0 Å². The molecule has 0 spiro atoms. The van der Waals surface area contributed by atoms with Crippen molar-refractivity contribution in [2.24, 2.45) is 5.73 Å². The summed E-state index contributed by atoms with van der Waals surface area (Å²) in [6, 6.07) is 4.96. The van der Waals surface area contributed by atoms with Gasteiger partial charge < -0.3 is 16.0 Å². The second-order valence-electron chi connectivity index (χ2n) is 6.06. The number of likely N-dealkylation sites (tertiary alicyclic amines) is 1. The molecule has 3 N–H and O–H groups in total. The number of benzene rings is 1. The molecule has 1 heterocycles. The molecule has 0 aromatic heterocycles. The van der Waals surface area contributed by atoms with Crippen molar-refractivity contribution in [2.75, 3.05) is 18.4 Å². The van der Waals surface area contributed by atoms with Crippen molar-refractivity contribution < 1.29 is 9.72 Å². The Bertz CT molecular complexity index is 600. The topological polar surface area (TPSA) is 102 Å². The molecule has 118 valence electrons. The zero-order valence-electron chi connectivity index (χ0n) is 12.3. The summed E-state index contributed by atoms with van der Waals surface area (Å²) in [5.74, 6) is -0.184. The summed E-state index contributed by atoms with van der Waals surface area (Å²) in [7, 11) is 0. The first-order chi connectivity index (χ1) is 10.5. The van der Waals surface area contributed by atoms with Crippen LogP contribution in [0, 0.1) is 10.1 Å². The van der Waals surface area contributed by atoms with E-state index in [2.05, 4.69) is 5.32 Å². The van der Waals surface area contributed by atoms with Gasteiger partial charge in [-0.2, -0.15) is 0 Å². The molecule has 7 heteroatoms. The first-order valence-corrected chi connectivity index (χ1v) is 7.64. The zero-order valence-corrected chi connectivity index (χ0v) is 12.3. The quantitative estimate of drug-likeness (QED) is 0.651. The highest BCUT2D eigenvalue weighted by atomic mass is 16.6. The molecule has 1 unspecified atom stereocenters. The van der Waals surface area contributed by atoms with Crippen LogP contribution in [-0.2, 0) is 0 Å². The summed E-state index contributed by atoms with van der Waals surface area (Å²) < 4.78 is 0. The second-order valence-corrected chi connectivity index (χ2v) is 6.06. The summed E-state index contributed by atoms with van der Waals surface area (Å²) in [6.45, 7) is 1.16. The molecule has 2 aliphatic rings. The molecular weight excluding hydrogens is 284 g/mol. The summed E-state index contributed by atoms with van der Waals surface area (Å²) >= 11 is 0. The SMILES string of the molecule is NC1CCCN(C(=O)c2ccc(NC3CC3)c([N+](=O)[O-])c2)C1. The van der Waals surface area contributed by atoms with E-state index in [1.807, 2.05) is 0 Å². The van der Waals surface area contributed by atoms with Gasteiger partial charge in [0.1, 0.15) is 5.69 Å². The number of hydrogen-bond donors (Lipinski definition) is 2. The maximum atomic E-state index is 12.5. The number of rotatable bonds is 4. The standard InChI is InChI=1S/C15H20N4O3/c16-11-2-1-7-18(9-11)15(20)10-3-6-13(17-12-4-5-12)14(8-10)19(21)22/h3,6,8,11-12,17H,1-2,4-5,7,9,16H2. The van der Waals surface area contributed by atoms with Gasteiger partial charge in [-0.3, -0.25) is 14.9 Å². The Balaban J connectivity index is 1.82. The fourth-order valence-electron chi connectivity index (χ4n) is 2.76. The summed E-state index contributed by atoms with van der Waals surface area (Å²) in [5.41, 5.74) is 6.69. The molecule has 1 amide bonds. The predicted octanol–water partition coefficient (Wildman–Crippen LogP) is 1.73. The van der Waals surface area contributed by atoms with E-state index in [9.17, 15) is 14.9 Å². The largest absolute Gasteiger partial charge is 0.377 e. The smallest absolute Gasteiger partial charge is 0.293 e. The number of hydrogen-bond acceptors (Lipinski definition) is 5. The van der Waals surface area contributed by atoms with Crippen LogP contribution in [0.5, 0.6) is 0 Å². The van der Waals surface area contributed by atoms with Crippen molar-refractivity contribution in [3.05, 3.63) is 33.9 Å². The molecule has 1 aliphatic heterocycles. The van der Waals surface area contributed by atoms with E-state index in [1.54, 1.807) is 17.0 Å². The minimum atomic E-state index is -0.441. The molecular formula is C15H20N4O3. The van der Waals surface area contributed by atoms with Gasteiger partial charge in [-0.25, -0.2) is 0 Å². The molecule has 0 radical (unpaired) electrons. The number of nitrogens with one attached hydrogen (secondary N) is 1. The highest BCUT2D eigenvalue weighted by Gasteiger charge is 2.27. The third-order valence-electron chi connectivity index (χ3n) is 4.12. The van der Waals surface area contributed by atoms with Crippen molar-refractivity contribution in [1.82, 2.24) is 4.90 Å². The molecule has 22 heavy (non-hydrogen) atoms. The van der Waals surface area contributed by atoms with Crippen LogP contribution in [0.15, 0.2) is 18.2 Å². The highest BCUT2D eigenvalue weighted by Crippen LogP contribution is 2.32. The number of anilines is 1. The van der Waals surface area contributed by atoms with Crippen molar-refractivity contribution in [1.29, 1.82) is 0 Å². The molecule has 1 saturated heterocycles. The van der Waals surface area contributed by atoms with E-state index in [4.69, 9.17) is 5.73 Å². The van der Waals surface area contributed by atoms with E-state index in [-0.39, 0.29) is 17.6 Å².